The van der Waals surface area contributed by atoms with E-state index in [4.69, 9.17) is 9.15 Å². The standard InChI is InChI=1S/C24H16N4O5/c25-13-16-5-1-2-7-18(16)15-32-21-8-4-3-6-17(21)14-26-27-24(29)23-12-19-11-20(28(30)31)9-10-22(19)33-23/h1-12,14H,15H2,(H,27,29)/b26-14+. The Morgan fingerprint density at radius 2 is 1.94 bits per heavy atom. The minimum Gasteiger partial charge on any atom is -0.488 e. The van der Waals surface area contributed by atoms with Gasteiger partial charge in [0.2, 0.25) is 0 Å². The zero-order valence-corrected chi connectivity index (χ0v) is 17.1. The number of rotatable bonds is 7. The maximum atomic E-state index is 12.4. The van der Waals surface area contributed by atoms with Gasteiger partial charge in [-0.3, -0.25) is 14.9 Å². The van der Waals surface area contributed by atoms with Crippen molar-refractivity contribution in [2.24, 2.45) is 5.10 Å². The number of fused-ring (bicyclic) bond motifs is 1. The number of furan rings is 1. The van der Waals surface area contributed by atoms with E-state index >= 15 is 0 Å². The predicted molar refractivity (Wildman–Crippen MR) is 120 cm³/mol. The molecule has 0 fully saturated rings. The Bertz CT molecular complexity index is 1420. The van der Waals surface area contributed by atoms with Crippen LogP contribution in [0.5, 0.6) is 5.75 Å². The summed E-state index contributed by atoms with van der Waals surface area (Å²) in [4.78, 5) is 22.8. The van der Waals surface area contributed by atoms with E-state index in [-0.39, 0.29) is 18.1 Å². The summed E-state index contributed by atoms with van der Waals surface area (Å²) in [7, 11) is 0. The number of nitriles is 1. The highest BCUT2D eigenvalue weighted by molar-refractivity contribution is 5.97. The van der Waals surface area contributed by atoms with Crippen LogP contribution in [0, 0.1) is 21.4 Å². The fraction of sp³-hybridized carbons (Fsp3) is 0.0417. The molecule has 0 saturated carbocycles. The first kappa shape index (κ1) is 21.3. The van der Waals surface area contributed by atoms with Crippen LogP contribution in [0.3, 0.4) is 0 Å². The van der Waals surface area contributed by atoms with Gasteiger partial charge in [0, 0.05) is 28.6 Å². The third kappa shape index (κ3) is 4.86. The molecule has 0 unspecified atom stereocenters. The molecule has 162 valence electrons. The van der Waals surface area contributed by atoms with Gasteiger partial charge in [0.1, 0.15) is 17.9 Å². The van der Waals surface area contributed by atoms with E-state index in [1.807, 2.05) is 12.1 Å². The summed E-state index contributed by atoms with van der Waals surface area (Å²) in [5.41, 5.74) is 4.53. The lowest BCUT2D eigenvalue weighted by molar-refractivity contribution is -0.384. The number of carbonyl (C=O) groups excluding carboxylic acids is 1. The number of non-ortho nitro benzene ring substituents is 1. The molecule has 0 atom stereocenters. The van der Waals surface area contributed by atoms with Crippen molar-refractivity contribution in [3.8, 4) is 11.8 Å². The molecule has 0 saturated heterocycles. The van der Waals surface area contributed by atoms with E-state index in [0.717, 1.165) is 5.56 Å². The molecule has 0 aliphatic rings. The number of ether oxygens (including phenoxy) is 1. The SMILES string of the molecule is N#Cc1ccccc1COc1ccccc1/C=N/NC(=O)c1cc2cc([N+](=O)[O-])ccc2o1. The fourth-order valence-electron chi connectivity index (χ4n) is 3.10. The van der Waals surface area contributed by atoms with Gasteiger partial charge in [-0.1, -0.05) is 30.3 Å². The largest absolute Gasteiger partial charge is 0.488 e. The molecule has 1 N–H and O–H groups in total. The lowest BCUT2D eigenvalue weighted by atomic mass is 10.1. The van der Waals surface area contributed by atoms with Gasteiger partial charge in [0.15, 0.2) is 5.76 Å². The lowest BCUT2D eigenvalue weighted by Gasteiger charge is -2.10. The molecule has 3 aromatic carbocycles. The Kier molecular flexibility index (Phi) is 6.09. The van der Waals surface area contributed by atoms with Crippen LogP contribution in [0.1, 0.15) is 27.2 Å². The monoisotopic (exact) mass is 440 g/mol. The minimum atomic E-state index is -0.605. The molecule has 4 rings (SSSR count). The smallest absolute Gasteiger partial charge is 0.307 e. The van der Waals surface area contributed by atoms with Gasteiger partial charge in [-0.25, -0.2) is 5.43 Å². The second-order valence-corrected chi connectivity index (χ2v) is 6.88. The first-order valence-corrected chi connectivity index (χ1v) is 9.76. The van der Waals surface area contributed by atoms with Crippen LogP contribution in [0.4, 0.5) is 5.69 Å². The maximum absolute atomic E-state index is 12.4. The number of carbonyl (C=O) groups is 1. The lowest BCUT2D eigenvalue weighted by Crippen LogP contribution is -2.16. The van der Waals surface area contributed by atoms with Gasteiger partial charge in [-0.05, 0) is 30.3 Å². The molecule has 0 spiro atoms. The molecule has 0 bridgehead atoms. The van der Waals surface area contributed by atoms with E-state index in [2.05, 4.69) is 16.6 Å². The van der Waals surface area contributed by atoms with Gasteiger partial charge in [-0.2, -0.15) is 10.4 Å². The minimum absolute atomic E-state index is 0.0275. The summed E-state index contributed by atoms with van der Waals surface area (Å²) >= 11 is 0. The highest BCUT2D eigenvalue weighted by Crippen LogP contribution is 2.24. The molecule has 0 radical (unpaired) electrons. The van der Waals surface area contributed by atoms with Gasteiger partial charge in [0.05, 0.1) is 22.8 Å². The Labute approximate surface area is 187 Å². The summed E-state index contributed by atoms with van der Waals surface area (Å²) in [6, 6.07) is 21.9. The molecular formula is C24H16N4O5. The second kappa shape index (κ2) is 9.45. The summed E-state index contributed by atoms with van der Waals surface area (Å²) < 4.78 is 11.3. The number of amides is 1. The summed E-state index contributed by atoms with van der Waals surface area (Å²) in [5, 5.41) is 24.5. The van der Waals surface area contributed by atoms with Crippen LogP contribution in [-0.4, -0.2) is 17.0 Å². The molecular weight excluding hydrogens is 424 g/mol. The summed E-state index contributed by atoms with van der Waals surface area (Å²) in [6.07, 6.45) is 1.43. The molecule has 1 amide bonds. The predicted octanol–water partition coefficient (Wildman–Crippen LogP) is 4.56. The Hall–Kier alpha value is -4.97. The van der Waals surface area contributed by atoms with Crippen molar-refractivity contribution < 1.29 is 18.9 Å². The average Bonchev–Trinajstić information content (AvgIpc) is 3.27. The Morgan fingerprint density at radius 1 is 1.15 bits per heavy atom. The van der Waals surface area contributed by atoms with E-state index in [1.165, 1.54) is 30.5 Å². The fourth-order valence-corrected chi connectivity index (χ4v) is 3.10. The zero-order valence-electron chi connectivity index (χ0n) is 17.1. The van der Waals surface area contributed by atoms with E-state index < -0.39 is 10.8 Å². The topological polar surface area (TPSA) is 131 Å². The average molecular weight is 440 g/mol. The van der Waals surface area contributed by atoms with Gasteiger partial charge < -0.3 is 9.15 Å². The van der Waals surface area contributed by atoms with Crippen molar-refractivity contribution in [1.82, 2.24) is 5.43 Å². The number of nitrogens with one attached hydrogen (secondary N) is 1. The van der Waals surface area contributed by atoms with E-state index in [9.17, 15) is 20.2 Å². The van der Waals surface area contributed by atoms with Crippen molar-refractivity contribution in [3.63, 3.8) is 0 Å². The van der Waals surface area contributed by atoms with Crippen molar-refractivity contribution in [3.05, 3.63) is 105 Å². The zero-order chi connectivity index (χ0) is 23.2. The van der Waals surface area contributed by atoms with Crippen molar-refractivity contribution in [1.29, 1.82) is 5.26 Å². The van der Waals surface area contributed by atoms with Crippen molar-refractivity contribution in [2.45, 2.75) is 6.61 Å². The van der Waals surface area contributed by atoms with Crippen molar-refractivity contribution >= 4 is 28.8 Å². The van der Waals surface area contributed by atoms with Gasteiger partial charge in [0.25, 0.3) is 5.69 Å². The molecule has 9 heteroatoms. The molecule has 0 aliphatic carbocycles. The highest BCUT2D eigenvalue weighted by atomic mass is 16.6. The number of hydrogen-bond acceptors (Lipinski definition) is 7. The van der Waals surface area contributed by atoms with Crippen LogP contribution >= 0.6 is 0 Å². The van der Waals surface area contributed by atoms with E-state index in [0.29, 0.717) is 27.8 Å². The van der Waals surface area contributed by atoms with Crippen LogP contribution in [0.25, 0.3) is 11.0 Å². The van der Waals surface area contributed by atoms with Crippen LogP contribution in [0.15, 0.2) is 82.3 Å². The number of nitro benzene ring substituents is 1. The molecule has 1 heterocycles. The van der Waals surface area contributed by atoms with Crippen molar-refractivity contribution in [2.75, 3.05) is 0 Å². The quantitative estimate of drug-likeness (QED) is 0.255. The molecule has 33 heavy (non-hydrogen) atoms. The van der Waals surface area contributed by atoms with Gasteiger partial charge >= 0.3 is 5.91 Å². The van der Waals surface area contributed by atoms with E-state index in [1.54, 1.807) is 36.4 Å². The first-order valence-electron chi connectivity index (χ1n) is 9.76. The number of nitrogens with zero attached hydrogens (tertiary/aromatic N) is 3. The number of benzene rings is 3. The van der Waals surface area contributed by atoms with Crippen LogP contribution < -0.4 is 10.2 Å². The maximum Gasteiger partial charge on any atom is 0.307 e. The third-order valence-electron chi connectivity index (χ3n) is 4.74. The molecule has 4 aromatic rings. The number of nitro groups is 1. The number of hydrogen-bond donors (Lipinski definition) is 1. The molecule has 9 nitrogen and oxygen atoms in total. The first-order chi connectivity index (χ1) is 16.0. The Balaban J connectivity index is 1.44. The molecule has 1 aromatic heterocycles. The molecule has 0 aliphatic heterocycles. The highest BCUT2D eigenvalue weighted by Gasteiger charge is 2.14. The second-order valence-electron chi connectivity index (χ2n) is 6.88. The van der Waals surface area contributed by atoms with Crippen LogP contribution in [0.2, 0.25) is 0 Å². The van der Waals surface area contributed by atoms with Gasteiger partial charge in [-0.15, -0.1) is 0 Å². The normalized spacial score (nSPS) is 10.8. The summed E-state index contributed by atoms with van der Waals surface area (Å²) in [5.74, 6) is -0.106. The summed E-state index contributed by atoms with van der Waals surface area (Å²) in [6.45, 7) is 0.200. The Morgan fingerprint density at radius 3 is 2.76 bits per heavy atom. The third-order valence-corrected chi connectivity index (χ3v) is 4.74. The number of para-hydroxylation sites is 1. The number of hydrazone groups is 1. The van der Waals surface area contributed by atoms with Crippen LogP contribution in [-0.2, 0) is 6.61 Å².